The second-order valence-electron chi connectivity index (χ2n) is 8.40. The smallest absolute Gasteiger partial charge is 0.0578 e. The van der Waals surface area contributed by atoms with Gasteiger partial charge in [-0.15, -0.1) is 6.42 Å². The monoisotopic (exact) mass is 378 g/mol. The number of hydrogen-bond donors (Lipinski definition) is 1. The molecule has 0 spiro atoms. The van der Waals surface area contributed by atoms with E-state index in [9.17, 15) is 0 Å². The summed E-state index contributed by atoms with van der Waals surface area (Å²) >= 11 is 0. The van der Waals surface area contributed by atoms with Crippen LogP contribution >= 0.6 is 0 Å². The van der Waals surface area contributed by atoms with Crippen molar-refractivity contribution in [3.8, 4) is 12.3 Å². The van der Waals surface area contributed by atoms with Crippen molar-refractivity contribution in [2.75, 3.05) is 20.1 Å². The highest BCUT2D eigenvalue weighted by atomic mass is 15.1. The van der Waals surface area contributed by atoms with Gasteiger partial charge in [0.15, 0.2) is 0 Å². The van der Waals surface area contributed by atoms with Gasteiger partial charge < -0.3 is 4.90 Å². The third-order valence-corrected chi connectivity index (χ3v) is 5.85. The maximum atomic E-state index is 5.21. The predicted molar refractivity (Wildman–Crippen MR) is 122 cm³/mol. The summed E-state index contributed by atoms with van der Waals surface area (Å²) in [5.41, 5.74) is 5.90. The van der Waals surface area contributed by atoms with E-state index in [0.29, 0.717) is 12.6 Å². The summed E-state index contributed by atoms with van der Waals surface area (Å²) in [5.74, 6) is 2.61. The molecule has 0 fully saturated rings. The van der Waals surface area contributed by atoms with Crippen LogP contribution in [-0.2, 0) is 6.42 Å². The summed E-state index contributed by atoms with van der Waals surface area (Å²) < 4.78 is 0. The topological polar surface area (TPSA) is 15.3 Å². The molecular weight excluding hydrogens is 340 g/mol. The normalized spacial score (nSPS) is 20.5. The van der Waals surface area contributed by atoms with Gasteiger partial charge in [0.05, 0.1) is 6.54 Å². The number of hydrogen-bond acceptors (Lipinski definition) is 2. The fourth-order valence-corrected chi connectivity index (χ4v) is 4.04. The zero-order chi connectivity index (χ0) is 20.4. The highest BCUT2D eigenvalue weighted by Gasteiger charge is 2.20. The van der Waals surface area contributed by atoms with Crippen molar-refractivity contribution in [3.63, 3.8) is 0 Å². The minimum absolute atomic E-state index is 0.479. The van der Waals surface area contributed by atoms with Crippen LogP contribution in [0.25, 0.3) is 0 Å². The summed E-state index contributed by atoms with van der Waals surface area (Å²) in [6, 6.07) is 9.84. The lowest BCUT2D eigenvalue weighted by Gasteiger charge is -2.29. The number of rotatable bonds is 6. The van der Waals surface area contributed by atoms with E-state index >= 15 is 0 Å². The number of nitrogens with zero attached hydrogens (tertiary/aromatic N) is 1. The molecular formula is C26H38N2. The molecule has 0 heterocycles. The van der Waals surface area contributed by atoms with Crippen molar-refractivity contribution in [2.45, 2.75) is 71.4 Å². The van der Waals surface area contributed by atoms with E-state index in [1.165, 1.54) is 61.8 Å². The highest BCUT2D eigenvalue weighted by molar-refractivity contribution is 5.34. The Morgan fingerprint density at radius 3 is 2.71 bits per heavy atom. The molecule has 2 nitrogen and oxygen atoms in total. The number of terminal acetylenes is 1. The van der Waals surface area contributed by atoms with Crippen molar-refractivity contribution < 1.29 is 0 Å². The fraction of sp³-hybridized carbons (Fsp3) is 0.538. The van der Waals surface area contributed by atoms with E-state index in [2.05, 4.69) is 80.4 Å². The number of nitrogens with one attached hydrogen (secondary N) is 1. The van der Waals surface area contributed by atoms with Gasteiger partial charge in [-0.2, -0.15) is 0 Å². The van der Waals surface area contributed by atoms with Crippen molar-refractivity contribution in [1.29, 1.82) is 0 Å². The molecule has 0 amide bonds. The maximum absolute atomic E-state index is 5.21. The SMILES string of the molecule is C#CCN[C@@H]1CCc2ccccc21.CC(C)=CCCN(C)[C@@H]1CC=C(C)CC1. The van der Waals surface area contributed by atoms with Crippen molar-refractivity contribution in [2.24, 2.45) is 0 Å². The van der Waals surface area contributed by atoms with E-state index in [4.69, 9.17) is 6.42 Å². The van der Waals surface area contributed by atoms with Gasteiger partial charge in [-0.05, 0) is 77.5 Å². The zero-order valence-corrected chi connectivity index (χ0v) is 18.3. The quantitative estimate of drug-likeness (QED) is 0.507. The van der Waals surface area contributed by atoms with Gasteiger partial charge in [-0.1, -0.05) is 53.5 Å². The lowest BCUT2D eigenvalue weighted by atomic mass is 9.95. The molecule has 152 valence electrons. The number of benzene rings is 1. The van der Waals surface area contributed by atoms with Crippen LogP contribution in [0.5, 0.6) is 0 Å². The van der Waals surface area contributed by atoms with Crippen LogP contribution in [0.1, 0.15) is 70.0 Å². The van der Waals surface area contributed by atoms with Crippen LogP contribution in [-0.4, -0.2) is 31.1 Å². The van der Waals surface area contributed by atoms with Crippen LogP contribution in [0.15, 0.2) is 47.6 Å². The Morgan fingerprint density at radius 2 is 2.04 bits per heavy atom. The van der Waals surface area contributed by atoms with Crippen LogP contribution in [0.3, 0.4) is 0 Å². The van der Waals surface area contributed by atoms with E-state index in [1.54, 1.807) is 5.57 Å². The lowest BCUT2D eigenvalue weighted by Crippen LogP contribution is -2.33. The molecule has 0 saturated heterocycles. The average Bonchev–Trinajstić information content (AvgIpc) is 3.10. The first-order valence-electron chi connectivity index (χ1n) is 10.7. The molecule has 1 aromatic carbocycles. The van der Waals surface area contributed by atoms with E-state index in [1.807, 2.05) is 0 Å². The molecule has 0 unspecified atom stereocenters. The molecule has 28 heavy (non-hydrogen) atoms. The molecule has 1 N–H and O–H groups in total. The summed E-state index contributed by atoms with van der Waals surface area (Å²) in [6.45, 7) is 8.46. The number of aryl methyl sites for hydroxylation is 1. The molecule has 0 bridgehead atoms. The van der Waals surface area contributed by atoms with Crippen LogP contribution in [0.4, 0.5) is 0 Å². The minimum Gasteiger partial charge on any atom is -0.303 e. The molecule has 2 aliphatic carbocycles. The third-order valence-electron chi connectivity index (χ3n) is 5.85. The number of allylic oxidation sites excluding steroid dienone is 2. The lowest BCUT2D eigenvalue weighted by molar-refractivity contribution is 0.229. The van der Waals surface area contributed by atoms with Gasteiger partial charge in [-0.3, -0.25) is 5.32 Å². The van der Waals surface area contributed by atoms with Gasteiger partial charge in [0.25, 0.3) is 0 Å². The molecule has 2 heteroatoms. The van der Waals surface area contributed by atoms with E-state index < -0.39 is 0 Å². The van der Waals surface area contributed by atoms with E-state index in [0.717, 1.165) is 6.04 Å². The molecule has 0 aliphatic heterocycles. The summed E-state index contributed by atoms with van der Waals surface area (Å²) in [4.78, 5) is 2.52. The van der Waals surface area contributed by atoms with Crippen LogP contribution in [0, 0.1) is 12.3 Å². The Hall–Kier alpha value is -1.82. The molecule has 3 rings (SSSR count). The van der Waals surface area contributed by atoms with Crippen LogP contribution < -0.4 is 5.32 Å². The molecule has 2 atom stereocenters. The first-order chi connectivity index (χ1) is 13.5. The average molecular weight is 379 g/mol. The number of fused-ring (bicyclic) bond motifs is 1. The Bertz CT molecular complexity index is 703. The Morgan fingerprint density at radius 1 is 1.25 bits per heavy atom. The molecule has 2 aliphatic rings. The molecule has 0 aromatic heterocycles. The Labute approximate surface area is 173 Å². The summed E-state index contributed by atoms with van der Waals surface area (Å²) in [5, 5.41) is 3.35. The standard InChI is InChI=1S/C14H25N.C12H13N/c1-12(2)6-5-11-15(4)14-9-7-13(3)8-10-14;1-2-9-13-12-8-7-10-5-3-4-6-11(10)12/h6-7,14H,5,8-11H2,1-4H3;1,3-6,12-13H,7-9H2/t14-;12-/m11/s1. The first kappa shape index (κ1) is 22.5. The van der Waals surface area contributed by atoms with Gasteiger partial charge in [0, 0.05) is 18.6 Å². The third kappa shape index (κ3) is 7.30. The Balaban J connectivity index is 0.000000202. The van der Waals surface area contributed by atoms with Crippen LogP contribution in [0.2, 0.25) is 0 Å². The minimum atomic E-state index is 0.479. The zero-order valence-electron chi connectivity index (χ0n) is 18.3. The van der Waals surface area contributed by atoms with Gasteiger partial charge in [-0.25, -0.2) is 0 Å². The molecule has 0 saturated carbocycles. The maximum Gasteiger partial charge on any atom is 0.0578 e. The van der Waals surface area contributed by atoms with E-state index in [-0.39, 0.29) is 0 Å². The second-order valence-corrected chi connectivity index (χ2v) is 8.40. The predicted octanol–water partition coefficient (Wildman–Crippen LogP) is 5.67. The van der Waals surface area contributed by atoms with Crippen molar-refractivity contribution in [1.82, 2.24) is 10.2 Å². The van der Waals surface area contributed by atoms with Crippen molar-refractivity contribution in [3.05, 3.63) is 58.7 Å². The summed E-state index contributed by atoms with van der Waals surface area (Å²) in [7, 11) is 2.26. The van der Waals surface area contributed by atoms with Gasteiger partial charge in [0.1, 0.15) is 0 Å². The first-order valence-corrected chi connectivity index (χ1v) is 10.7. The largest absolute Gasteiger partial charge is 0.303 e. The fourth-order valence-electron chi connectivity index (χ4n) is 4.04. The Kier molecular flexibility index (Phi) is 9.55. The van der Waals surface area contributed by atoms with Crippen molar-refractivity contribution >= 4 is 0 Å². The van der Waals surface area contributed by atoms with Gasteiger partial charge >= 0.3 is 0 Å². The second kappa shape index (κ2) is 11.9. The summed E-state index contributed by atoms with van der Waals surface area (Å²) in [6.07, 6.45) is 17.4. The molecule has 1 aromatic rings. The highest BCUT2D eigenvalue weighted by Crippen LogP contribution is 2.30. The molecule has 0 radical (unpaired) electrons. The van der Waals surface area contributed by atoms with Gasteiger partial charge in [0.2, 0.25) is 0 Å².